The van der Waals surface area contributed by atoms with Gasteiger partial charge in [-0.2, -0.15) is 5.48 Å². The normalized spacial score (nSPS) is 12.4. The molecular weight excluding hydrogens is 162 g/mol. The molecule has 2 amide bonds. The topological polar surface area (TPSA) is 107 Å². The lowest BCUT2D eigenvalue weighted by atomic mass is 10.2. The highest BCUT2D eigenvalue weighted by molar-refractivity contribution is 5.86. The number of hydrogen-bond acceptors (Lipinski definition) is 4. The van der Waals surface area contributed by atoms with E-state index in [9.17, 15) is 9.59 Å². The lowest BCUT2D eigenvalue weighted by Gasteiger charge is -2.11. The number of rotatable bonds is 6. The standard InChI is InChI=1S/C6H13N3O3/c1-2-12-9-4(6(8)11)3-5(7)10/h4,9H,2-3H2,1H3,(H2,7,10)(H2,8,11)/t4-/m0/s1. The Morgan fingerprint density at radius 3 is 2.42 bits per heavy atom. The van der Waals surface area contributed by atoms with Crippen molar-refractivity contribution in [1.82, 2.24) is 5.48 Å². The summed E-state index contributed by atoms with van der Waals surface area (Å²) in [4.78, 5) is 25.7. The lowest BCUT2D eigenvalue weighted by Crippen LogP contribution is -2.43. The van der Waals surface area contributed by atoms with Gasteiger partial charge in [0, 0.05) is 0 Å². The van der Waals surface area contributed by atoms with Crippen LogP contribution in [0.3, 0.4) is 0 Å². The van der Waals surface area contributed by atoms with Crippen LogP contribution < -0.4 is 16.9 Å². The molecule has 0 aliphatic heterocycles. The molecule has 0 heterocycles. The fraction of sp³-hybridized carbons (Fsp3) is 0.667. The summed E-state index contributed by atoms with van der Waals surface area (Å²) < 4.78 is 0. The first-order valence-electron chi connectivity index (χ1n) is 3.52. The van der Waals surface area contributed by atoms with E-state index < -0.39 is 17.9 Å². The highest BCUT2D eigenvalue weighted by atomic mass is 16.6. The maximum absolute atomic E-state index is 10.6. The molecule has 0 saturated heterocycles. The van der Waals surface area contributed by atoms with Gasteiger partial charge in [0.15, 0.2) is 0 Å². The van der Waals surface area contributed by atoms with Crippen molar-refractivity contribution in [2.45, 2.75) is 19.4 Å². The van der Waals surface area contributed by atoms with Crippen molar-refractivity contribution >= 4 is 11.8 Å². The minimum atomic E-state index is -0.845. The number of hydrogen-bond donors (Lipinski definition) is 3. The predicted octanol–water partition coefficient (Wildman–Crippen LogP) is -1.74. The molecule has 0 rings (SSSR count). The van der Waals surface area contributed by atoms with Crippen molar-refractivity contribution < 1.29 is 14.4 Å². The van der Waals surface area contributed by atoms with Crippen LogP contribution >= 0.6 is 0 Å². The fourth-order valence-corrected chi connectivity index (χ4v) is 0.585. The summed E-state index contributed by atoms with van der Waals surface area (Å²) in [5.74, 6) is -1.27. The largest absolute Gasteiger partial charge is 0.370 e. The van der Waals surface area contributed by atoms with E-state index in [1.54, 1.807) is 6.92 Å². The van der Waals surface area contributed by atoms with Gasteiger partial charge < -0.3 is 16.3 Å². The highest BCUT2D eigenvalue weighted by Crippen LogP contribution is 1.89. The molecule has 12 heavy (non-hydrogen) atoms. The molecule has 6 nitrogen and oxygen atoms in total. The number of hydroxylamine groups is 1. The van der Waals surface area contributed by atoms with E-state index in [2.05, 4.69) is 5.48 Å². The summed E-state index contributed by atoms with van der Waals surface area (Å²) in [5, 5.41) is 0. The van der Waals surface area contributed by atoms with E-state index >= 15 is 0 Å². The molecule has 0 unspecified atom stereocenters. The summed E-state index contributed by atoms with van der Waals surface area (Å²) in [6.45, 7) is 2.11. The number of carbonyl (C=O) groups is 2. The number of amides is 2. The van der Waals surface area contributed by atoms with Crippen LogP contribution in [-0.4, -0.2) is 24.5 Å². The van der Waals surface area contributed by atoms with Crippen LogP contribution in [-0.2, 0) is 14.4 Å². The van der Waals surface area contributed by atoms with Crippen molar-refractivity contribution in [3.8, 4) is 0 Å². The number of nitrogens with one attached hydrogen (secondary N) is 1. The summed E-state index contributed by atoms with van der Waals surface area (Å²) in [5.41, 5.74) is 12.1. The van der Waals surface area contributed by atoms with Gasteiger partial charge in [0.2, 0.25) is 11.8 Å². The number of carbonyl (C=O) groups excluding carboxylic acids is 2. The van der Waals surface area contributed by atoms with E-state index in [0.29, 0.717) is 6.61 Å². The second-order valence-corrected chi connectivity index (χ2v) is 2.18. The van der Waals surface area contributed by atoms with E-state index in [4.69, 9.17) is 16.3 Å². The van der Waals surface area contributed by atoms with Crippen LogP contribution in [0.4, 0.5) is 0 Å². The molecule has 1 atom stereocenters. The van der Waals surface area contributed by atoms with Gasteiger partial charge in [-0.3, -0.25) is 9.59 Å². The Morgan fingerprint density at radius 1 is 1.50 bits per heavy atom. The van der Waals surface area contributed by atoms with E-state index in [-0.39, 0.29) is 6.42 Å². The van der Waals surface area contributed by atoms with Gasteiger partial charge in [-0.1, -0.05) is 0 Å². The molecule has 0 bridgehead atoms. The van der Waals surface area contributed by atoms with Crippen molar-refractivity contribution in [2.75, 3.05) is 6.61 Å². The molecule has 0 aromatic heterocycles. The number of nitrogens with two attached hydrogens (primary N) is 2. The smallest absolute Gasteiger partial charge is 0.237 e. The summed E-state index contributed by atoms with van der Waals surface area (Å²) >= 11 is 0. The first-order chi connectivity index (χ1) is 5.57. The Balaban J connectivity index is 3.87. The van der Waals surface area contributed by atoms with Crippen LogP contribution in [0.15, 0.2) is 0 Å². The van der Waals surface area contributed by atoms with Gasteiger partial charge in [0.25, 0.3) is 0 Å². The molecule has 6 heteroatoms. The molecule has 0 aromatic rings. The van der Waals surface area contributed by atoms with Gasteiger partial charge >= 0.3 is 0 Å². The van der Waals surface area contributed by atoms with E-state index in [1.807, 2.05) is 0 Å². The van der Waals surface area contributed by atoms with Crippen molar-refractivity contribution in [2.24, 2.45) is 11.5 Å². The van der Waals surface area contributed by atoms with Crippen molar-refractivity contribution in [1.29, 1.82) is 0 Å². The molecule has 0 aliphatic rings. The van der Waals surface area contributed by atoms with Gasteiger partial charge in [0.05, 0.1) is 13.0 Å². The van der Waals surface area contributed by atoms with Gasteiger partial charge in [-0.15, -0.1) is 0 Å². The zero-order chi connectivity index (χ0) is 9.56. The average Bonchev–Trinajstić information content (AvgIpc) is 1.96. The summed E-state index contributed by atoms with van der Waals surface area (Å²) in [6.07, 6.45) is -0.157. The Bertz CT molecular complexity index is 171. The molecule has 70 valence electrons. The quantitative estimate of drug-likeness (QED) is 0.416. The second-order valence-electron chi connectivity index (χ2n) is 2.18. The summed E-state index contributed by atoms with van der Waals surface area (Å²) in [7, 11) is 0. The molecular formula is C6H13N3O3. The minimum absolute atomic E-state index is 0.157. The van der Waals surface area contributed by atoms with Gasteiger partial charge in [-0.05, 0) is 6.92 Å². The van der Waals surface area contributed by atoms with E-state index in [1.165, 1.54) is 0 Å². The lowest BCUT2D eigenvalue weighted by molar-refractivity contribution is -0.129. The Labute approximate surface area is 70.2 Å². The number of primary amides is 2. The first kappa shape index (κ1) is 10.9. The molecule has 0 aromatic carbocycles. The van der Waals surface area contributed by atoms with Gasteiger partial charge in [0.1, 0.15) is 6.04 Å². The monoisotopic (exact) mass is 175 g/mol. The van der Waals surface area contributed by atoms with Crippen LogP contribution in [0, 0.1) is 0 Å². The average molecular weight is 175 g/mol. The van der Waals surface area contributed by atoms with E-state index in [0.717, 1.165) is 0 Å². The third kappa shape index (κ3) is 4.64. The molecule has 0 spiro atoms. The Kier molecular flexibility index (Phi) is 4.98. The predicted molar refractivity (Wildman–Crippen MR) is 41.6 cm³/mol. The van der Waals surface area contributed by atoms with Crippen LogP contribution in [0.1, 0.15) is 13.3 Å². The van der Waals surface area contributed by atoms with Crippen LogP contribution in [0.25, 0.3) is 0 Å². The van der Waals surface area contributed by atoms with Crippen molar-refractivity contribution in [3.05, 3.63) is 0 Å². The highest BCUT2D eigenvalue weighted by Gasteiger charge is 2.17. The zero-order valence-corrected chi connectivity index (χ0v) is 6.87. The van der Waals surface area contributed by atoms with Crippen LogP contribution in [0.5, 0.6) is 0 Å². The molecule has 0 fully saturated rings. The molecule has 5 N–H and O–H groups in total. The maximum atomic E-state index is 10.6. The zero-order valence-electron chi connectivity index (χ0n) is 6.87. The van der Waals surface area contributed by atoms with Crippen molar-refractivity contribution in [3.63, 3.8) is 0 Å². The molecule has 0 aliphatic carbocycles. The minimum Gasteiger partial charge on any atom is -0.370 e. The first-order valence-corrected chi connectivity index (χ1v) is 3.52. The Hall–Kier alpha value is -1.14. The molecule has 0 radical (unpaired) electrons. The summed E-state index contributed by atoms with van der Waals surface area (Å²) in [6, 6.07) is -0.845. The van der Waals surface area contributed by atoms with Gasteiger partial charge in [-0.25, -0.2) is 0 Å². The van der Waals surface area contributed by atoms with Crippen LogP contribution in [0.2, 0.25) is 0 Å². The maximum Gasteiger partial charge on any atom is 0.237 e. The Morgan fingerprint density at radius 2 is 2.08 bits per heavy atom. The SMILES string of the molecule is CCON[C@@H](CC(N)=O)C(N)=O. The molecule has 0 saturated carbocycles. The third-order valence-corrected chi connectivity index (χ3v) is 1.12. The second kappa shape index (κ2) is 5.50. The fourth-order valence-electron chi connectivity index (χ4n) is 0.585. The third-order valence-electron chi connectivity index (χ3n) is 1.12.